The Bertz CT molecular complexity index is 441. The highest BCUT2D eigenvalue weighted by Crippen LogP contribution is 2.22. The Balaban J connectivity index is 2.20. The second-order valence-electron chi connectivity index (χ2n) is 3.55. The van der Waals surface area contributed by atoms with Gasteiger partial charge in [0.15, 0.2) is 0 Å². The van der Waals surface area contributed by atoms with E-state index in [1.807, 2.05) is 43.6 Å². The molecule has 2 rings (SSSR count). The van der Waals surface area contributed by atoms with Gasteiger partial charge in [0, 0.05) is 5.38 Å². The van der Waals surface area contributed by atoms with E-state index in [4.69, 9.17) is 4.74 Å². The highest BCUT2D eigenvalue weighted by Gasteiger charge is 2.14. The summed E-state index contributed by atoms with van der Waals surface area (Å²) in [6, 6.07) is 8.13. The van der Waals surface area contributed by atoms with Crippen LogP contribution in [0, 0.1) is 0 Å². The first-order valence-electron chi connectivity index (χ1n) is 5.52. The number of nitrogens with one attached hydrogen (secondary N) is 1. The van der Waals surface area contributed by atoms with Crippen molar-refractivity contribution in [2.45, 2.75) is 13.0 Å². The molecule has 1 N–H and O–H groups in total. The largest absolute Gasteiger partial charge is 0.494 e. The molecule has 0 saturated carbocycles. The summed E-state index contributed by atoms with van der Waals surface area (Å²) in [5.41, 5.74) is 2.10. The van der Waals surface area contributed by atoms with E-state index in [-0.39, 0.29) is 6.04 Å². The highest BCUT2D eigenvalue weighted by atomic mass is 32.1. The van der Waals surface area contributed by atoms with Crippen molar-refractivity contribution in [2.75, 3.05) is 13.7 Å². The maximum atomic E-state index is 5.42. The molecule has 90 valence electrons. The number of ether oxygens (including phenoxy) is 1. The standard InChI is InChI=1S/C12H15N3OS/c1-3-16-10-6-4-9(5-7-10)12(13-2)11-8-17-15-14-11/h4-8,12-13H,3H2,1-2H3. The molecule has 1 heterocycles. The van der Waals surface area contributed by atoms with Gasteiger partial charge in [-0.25, -0.2) is 0 Å². The van der Waals surface area contributed by atoms with Gasteiger partial charge in [0.05, 0.1) is 18.3 Å². The summed E-state index contributed by atoms with van der Waals surface area (Å²) in [5.74, 6) is 0.891. The molecule has 1 atom stereocenters. The van der Waals surface area contributed by atoms with Gasteiger partial charge >= 0.3 is 0 Å². The molecule has 1 aromatic carbocycles. The quantitative estimate of drug-likeness (QED) is 0.883. The summed E-state index contributed by atoms with van der Waals surface area (Å²) in [4.78, 5) is 0. The molecule has 4 nitrogen and oxygen atoms in total. The van der Waals surface area contributed by atoms with E-state index in [2.05, 4.69) is 14.9 Å². The van der Waals surface area contributed by atoms with Crippen LogP contribution in [0.3, 0.4) is 0 Å². The van der Waals surface area contributed by atoms with Crippen molar-refractivity contribution in [1.82, 2.24) is 14.9 Å². The number of benzene rings is 1. The molecule has 0 radical (unpaired) electrons. The molecule has 0 saturated heterocycles. The van der Waals surface area contributed by atoms with Gasteiger partial charge < -0.3 is 10.1 Å². The van der Waals surface area contributed by atoms with Crippen LogP contribution >= 0.6 is 11.5 Å². The Kier molecular flexibility index (Phi) is 4.06. The summed E-state index contributed by atoms with van der Waals surface area (Å²) in [5, 5.41) is 9.29. The fraction of sp³-hybridized carbons (Fsp3) is 0.333. The van der Waals surface area contributed by atoms with E-state index in [1.165, 1.54) is 11.5 Å². The fourth-order valence-electron chi connectivity index (χ4n) is 1.71. The minimum atomic E-state index is 0.0874. The second-order valence-corrected chi connectivity index (χ2v) is 4.16. The van der Waals surface area contributed by atoms with Crippen LogP contribution in [0.1, 0.15) is 24.2 Å². The van der Waals surface area contributed by atoms with E-state index in [0.29, 0.717) is 6.61 Å². The number of nitrogens with zero attached hydrogens (tertiary/aromatic N) is 2. The first-order valence-corrected chi connectivity index (χ1v) is 6.35. The molecular weight excluding hydrogens is 234 g/mol. The van der Waals surface area contributed by atoms with E-state index >= 15 is 0 Å². The Labute approximate surface area is 105 Å². The summed E-state index contributed by atoms with van der Waals surface area (Å²) in [7, 11) is 1.92. The minimum absolute atomic E-state index is 0.0874. The molecule has 0 aliphatic carbocycles. The molecule has 1 aromatic heterocycles. The van der Waals surface area contributed by atoms with Crippen LogP contribution in [0.5, 0.6) is 5.75 Å². The predicted molar refractivity (Wildman–Crippen MR) is 68.4 cm³/mol. The molecule has 1 unspecified atom stereocenters. The first-order chi connectivity index (χ1) is 8.35. The SMILES string of the molecule is CCOc1ccc(C(NC)c2csnn2)cc1. The number of hydrogen-bond donors (Lipinski definition) is 1. The Hall–Kier alpha value is -1.46. The van der Waals surface area contributed by atoms with E-state index in [9.17, 15) is 0 Å². The summed E-state index contributed by atoms with van der Waals surface area (Å²) >= 11 is 1.36. The average molecular weight is 249 g/mol. The Morgan fingerprint density at radius 2 is 2.12 bits per heavy atom. The van der Waals surface area contributed by atoms with Gasteiger partial charge in [0.25, 0.3) is 0 Å². The zero-order chi connectivity index (χ0) is 12.1. The molecule has 0 amide bonds. The molecule has 2 aromatic rings. The number of rotatable bonds is 5. The maximum Gasteiger partial charge on any atom is 0.119 e. The lowest BCUT2D eigenvalue weighted by molar-refractivity contribution is 0.340. The van der Waals surface area contributed by atoms with Crippen molar-refractivity contribution in [3.63, 3.8) is 0 Å². The van der Waals surface area contributed by atoms with Gasteiger partial charge in [-0.2, -0.15) is 0 Å². The molecule has 5 heteroatoms. The number of aromatic nitrogens is 2. The van der Waals surface area contributed by atoms with E-state index in [0.717, 1.165) is 17.0 Å². The first kappa shape index (κ1) is 12.0. The maximum absolute atomic E-state index is 5.42. The lowest BCUT2D eigenvalue weighted by atomic mass is 10.0. The zero-order valence-corrected chi connectivity index (χ0v) is 10.7. The van der Waals surface area contributed by atoms with Crippen molar-refractivity contribution in [3.05, 3.63) is 40.9 Å². The molecule has 0 fully saturated rings. The third-order valence-electron chi connectivity index (χ3n) is 2.49. The van der Waals surface area contributed by atoms with Crippen LogP contribution in [0.15, 0.2) is 29.6 Å². The summed E-state index contributed by atoms with van der Waals surface area (Å²) < 4.78 is 9.31. The highest BCUT2D eigenvalue weighted by molar-refractivity contribution is 7.03. The van der Waals surface area contributed by atoms with Crippen LogP contribution in [0.4, 0.5) is 0 Å². The molecule has 0 spiro atoms. The van der Waals surface area contributed by atoms with Crippen molar-refractivity contribution in [2.24, 2.45) is 0 Å². The van der Waals surface area contributed by atoms with Gasteiger partial charge in [-0.3, -0.25) is 0 Å². The van der Waals surface area contributed by atoms with Crippen LogP contribution in [-0.2, 0) is 0 Å². The Morgan fingerprint density at radius 3 is 2.65 bits per heavy atom. The van der Waals surface area contributed by atoms with Gasteiger partial charge in [-0.05, 0) is 43.2 Å². The van der Waals surface area contributed by atoms with Crippen molar-refractivity contribution in [3.8, 4) is 5.75 Å². The van der Waals surface area contributed by atoms with Crippen LogP contribution in [0.2, 0.25) is 0 Å². The average Bonchev–Trinajstić information content (AvgIpc) is 2.86. The minimum Gasteiger partial charge on any atom is -0.494 e. The molecular formula is C12H15N3OS. The lowest BCUT2D eigenvalue weighted by Crippen LogP contribution is -2.17. The van der Waals surface area contributed by atoms with Crippen molar-refractivity contribution in [1.29, 1.82) is 0 Å². The van der Waals surface area contributed by atoms with E-state index < -0.39 is 0 Å². The van der Waals surface area contributed by atoms with Gasteiger partial charge in [0.2, 0.25) is 0 Å². The van der Waals surface area contributed by atoms with Crippen LogP contribution in [0.25, 0.3) is 0 Å². The molecule has 0 aliphatic rings. The van der Waals surface area contributed by atoms with Gasteiger partial charge in [-0.15, -0.1) is 5.10 Å². The second kappa shape index (κ2) is 5.75. The van der Waals surface area contributed by atoms with Crippen LogP contribution in [-0.4, -0.2) is 23.2 Å². The fourth-order valence-corrected chi connectivity index (χ4v) is 2.19. The molecule has 0 aliphatic heterocycles. The molecule has 0 bridgehead atoms. The Morgan fingerprint density at radius 1 is 1.35 bits per heavy atom. The monoisotopic (exact) mass is 249 g/mol. The predicted octanol–water partition coefficient (Wildman–Crippen LogP) is 2.25. The van der Waals surface area contributed by atoms with Crippen molar-refractivity contribution < 1.29 is 4.74 Å². The van der Waals surface area contributed by atoms with Gasteiger partial charge in [-0.1, -0.05) is 16.6 Å². The summed E-state index contributed by atoms with van der Waals surface area (Å²) in [6.45, 7) is 2.66. The number of hydrogen-bond acceptors (Lipinski definition) is 5. The van der Waals surface area contributed by atoms with E-state index in [1.54, 1.807) is 0 Å². The van der Waals surface area contributed by atoms with Crippen LogP contribution < -0.4 is 10.1 Å². The zero-order valence-electron chi connectivity index (χ0n) is 9.88. The van der Waals surface area contributed by atoms with Crippen molar-refractivity contribution >= 4 is 11.5 Å². The topological polar surface area (TPSA) is 47.0 Å². The smallest absolute Gasteiger partial charge is 0.119 e. The molecule has 17 heavy (non-hydrogen) atoms. The third kappa shape index (κ3) is 2.81. The summed E-state index contributed by atoms with van der Waals surface area (Å²) in [6.07, 6.45) is 0. The van der Waals surface area contributed by atoms with Gasteiger partial charge in [0.1, 0.15) is 5.75 Å². The lowest BCUT2D eigenvalue weighted by Gasteiger charge is -2.14. The normalized spacial score (nSPS) is 12.4. The third-order valence-corrected chi connectivity index (χ3v) is 3.01.